The van der Waals surface area contributed by atoms with Crippen LogP contribution in [0.2, 0.25) is 0 Å². The maximum atomic E-state index is 15.2. The summed E-state index contributed by atoms with van der Waals surface area (Å²) in [4.78, 5) is 26.5. The van der Waals surface area contributed by atoms with Gasteiger partial charge in [-0.1, -0.05) is 12.1 Å². The number of nitrogens with zero attached hydrogens (tertiary/aromatic N) is 3. The Hall–Kier alpha value is -4.10. The fourth-order valence-corrected chi connectivity index (χ4v) is 4.11. The molecule has 0 aliphatic heterocycles. The SMILES string of the molecule is CN(C)CCNC(=O)c1ccc(-c2c(F)ccc3[nH]c4cnc(-c5cccnc5)cc4c23)cc1. The van der Waals surface area contributed by atoms with Crippen LogP contribution in [0.15, 0.2) is 73.2 Å². The lowest BCUT2D eigenvalue weighted by Gasteiger charge is -2.11. The van der Waals surface area contributed by atoms with Gasteiger partial charge in [-0.05, 0) is 62.1 Å². The minimum absolute atomic E-state index is 0.147. The number of H-pyrrole nitrogens is 1. The van der Waals surface area contributed by atoms with Crippen LogP contribution in [0.1, 0.15) is 10.4 Å². The third-order valence-electron chi connectivity index (χ3n) is 5.83. The predicted molar refractivity (Wildman–Crippen MR) is 133 cm³/mol. The molecule has 7 heteroatoms. The van der Waals surface area contributed by atoms with E-state index in [2.05, 4.69) is 20.3 Å². The van der Waals surface area contributed by atoms with Crippen molar-refractivity contribution < 1.29 is 9.18 Å². The van der Waals surface area contributed by atoms with Gasteiger partial charge in [-0.2, -0.15) is 0 Å². The Morgan fingerprint density at radius 2 is 1.85 bits per heavy atom. The van der Waals surface area contributed by atoms with Gasteiger partial charge in [0.2, 0.25) is 0 Å². The molecule has 3 aromatic heterocycles. The number of nitrogens with one attached hydrogen (secondary N) is 2. The van der Waals surface area contributed by atoms with Crippen LogP contribution in [-0.2, 0) is 0 Å². The smallest absolute Gasteiger partial charge is 0.251 e. The topological polar surface area (TPSA) is 73.9 Å². The van der Waals surface area contributed by atoms with Crippen molar-refractivity contribution >= 4 is 27.7 Å². The van der Waals surface area contributed by atoms with Crippen molar-refractivity contribution in [2.24, 2.45) is 0 Å². The number of likely N-dealkylation sites (N-methyl/N-ethyl adjacent to an activating group) is 1. The molecule has 0 saturated carbocycles. The zero-order valence-electron chi connectivity index (χ0n) is 19.0. The van der Waals surface area contributed by atoms with Crippen molar-refractivity contribution in [2.45, 2.75) is 0 Å². The van der Waals surface area contributed by atoms with Crippen molar-refractivity contribution in [3.63, 3.8) is 0 Å². The number of aromatic amines is 1. The number of hydrogen-bond acceptors (Lipinski definition) is 4. The normalized spacial score (nSPS) is 11.4. The van der Waals surface area contributed by atoms with E-state index in [0.717, 1.165) is 39.6 Å². The number of aromatic nitrogens is 3. The molecular formula is C27H24FN5O. The predicted octanol–water partition coefficient (Wildman–Crippen LogP) is 4.88. The molecule has 2 aromatic carbocycles. The van der Waals surface area contributed by atoms with Gasteiger partial charge in [0.15, 0.2) is 0 Å². The monoisotopic (exact) mass is 453 g/mol. The summed E-state index contributed by atoms with van der Waals surface area (Å²) in [6.07, 6.45) is 5.24. The number of carbonyl (C=O) groups is 1. The Kier molecular flexibility index (Phi) is 5.77. The van der Waals surface area contributed by atoms with Gasteiger partial charge in [0.1, 0.15) is 5.82 Å². The molecule has 0 aliphatic rings. The first kappa shape index (κ1) is 21.7. The highest BCUT2D eigenvalue weighted by molar-refractivity contribution is 6.14. The average molecular weight is 454 g/mol. The first-order chi connectivity index (χ1) is 16.5. The van der Waals surface area contributed by atoms with E-state index >= 15 is 4.39 Å². The third-order valence-corrected chi connectivity index (χ3v) is 5.83. The zero-order valence-corrected chi connectivity index (χ0v) is 19.0. The summed E-state index contributed by atoms with van der Waals surface area (Å²) in [5.41, 5.74) is 5.04. The lowest BCUT2D eigenvalue weighted by atomic mass is 9.97. The van der Waals surface area contributed by atoms with E-state index in [-0.39, 0.29) is 11.7 Å². The maximum absolute atomic E-state index is 15.2. The lowest BCUT2D eigenvalue weighted by Crippen LogP contribution is -2.31. The van der Waals surface area contributed by atoms with E-state index in [1.165, 1.54) is 6.07 Å². The maximum Gasteiger partial charge on any atom is 0.251 e. The largest absolute Gasteiger partial charge is 0.353 e. The van der Waals surface area contributed by atoms with E-state index in [4.69, 9.17) is 0 Å². The lowest BCUT2D eigenvalue weighted by molar-refractivity contribution is 0.0951. The standard InChI is InChI=1S/C27H24FN5O/c1-33(2)13-12-30-27(34)18-7-5-17(6-8-18)25-21(28)9-10-22-26(25)20-14-23(31-16-24(20)32-22)19-4-3-11-29-15-19/h3-11,14-16,32H,12-13H2,1-2H3,(H,30,34). The fourth-order valence-electron chi connectivity index (χ4n) is 4.11. The number of carbonyl (C=O) groups excluding carboxylic acids is 1. The third kappa shape index (κ3) is 4.13. The quantitative estimate of drug-likeness (QED) is 0.385. The van der Waals surface area contributed by atoms with Gasteiger partial charge in [-0.15, -0.1) is 0 Å². The molecule has 1 amide bonds. The van der Waals surface area contributed by atoms with E-state index < -0.39 is 0 Å². The molecule has 34 heavy (non-hydrogen) atoms. The highest BCUT2D eigenvalue weighted by atomic mass is 19.1. The molecule has 0 radical (unpaired) electrons. The molecule has 0 spiro atoms. The van der Waals surface area contributed by atoms with Crippen LogP contribution in [0, 0.1) is 5.82 Å². The Morgan fingerprint density at radius 3 is 2.59 bits per heavy atom. The van der Waals surface area contributed by atoms with Crippen LogP contribution in [0.4, 0.5) is 4.39 Å². The van der Waals surface area contributed by atoms with E-state index in [9.17, 15) is 4.79 Å². The van der Waals surface area contributed by atoms with Gasteiger partial charge in [0.05, 0.1) is 17.4 Å². The first-order valence-corrected chi connectivity index (χ1v) is 11.0. The first-order valence-electron chi connectivity index (χ1n) is 11.0. The van der Waals surface area contributed by atoms with E-state index in [1.807, 2.05) is 37.2 Å². The second kappa shape index (κ2) is 9.03. The second-order valence-corrected chi connectivity index (χ2v) is 8.46. The molecule has 170 valence electrons. The summed E-state index contributed by atoms with van der Waals surface area (Å²) in [7, 11) is 3.91. The molecule has 5 aromatic rings. The number of amides is 1. The van der Waals surface area contributed by atoms with Crippen LogP contribution >= 0.6 is 0 Å². The van der Waals surface area contributed by atoms with Gasteiger partial charge in [0.25, 0.3) is 5.91 Å². The average Bonchev–Trinajstić information content (AvgIpc) is 3.22. The van der Waals surface area contributed by atoms with Gasteiger partial charge < -0.3 is 15.2 Å². The summed E-state index contributed by atoms with van der Waals surface area (Å²) in [6, 6.07) is 16.0. The van der Waals surface area contributed by atoms with Crippen LogP contribution in [0.5, 0.6) is 0 Å². The fraction of sp³-hybridized carbons (Fsp3) is 0.148. The van der Waals surface area contributed by atoms with Crippen molar-refractivity contribution in [2.75, 3.05) is 27.2 Å². The van der Waals surface area contributed by atoms with Gasteiger partial charge in [-0.25, -0.2) is 4.39 Å². The van der Waals surface area contributed by atoms with Crippen LogP contribution in [0.3, 0.4) is 0 Å². The molecule has 6 nitrogen and oxygen atoms in total. The van der Waals surface area contributed by atoms with Crippen molar-refractivity contribution in [1.29, 1.82) is 0 Å². The number of pyridine rings is 2. The number of benzene rings is 2. The molecule has 2 N–H and O–H groups in total. The minimum atomic E-state index is -0.323. The van der Waals surface area contributed by atoms with E-state index in [1.54, 1.807) is 48.9 Å². The zero-order chi connectivity index (χ0) is 23.7. The van der Waals surface area contributed by atoms with Gasteiger partial charge in [0, 0.05) is 58.5 Å². The Morgan fingerprint density at radius 1 is 1.03 bits per heavy atom. The number of fused-ring (bicyclic) bond motifs is 3. The number of rotatable bonds is 6. The van der Waals surface area contributed by atoms with Gasteiger partial charge >= 0.3 is 0 Å². The Labute approximate surface area is 196 Å². The molecular weight excluding hydrogens is 429 g/mol. The molecule has 0 saturated heterocycles. The molecule has 0 unspecified atom stereocenters. The summed E-state index contributed by atoms with van der Waals surface area (Å²) in [5, 5.41) is 4.56. The van der Waals surface area contributed by atoms with Crippen molar-refractivity contribution in [3.8, 4) is 22.4 Å². The Balaban J connectivity index is 1.56. The molecule has 3 heterocycles. The minimum Gasteiger partial charge on any atom is -0.353 e. The molecule has 0 bridgehead atoms. The van der Waals surface area contributed by atoms with Crippen LogP contribution in [0.25, 0.3) is 44.2 Å². The van der Waals surface area contributed by atoms with Crippen LogP contribution < -0.4 is 5.32 Å². The molecule has 5 rings (SSSR count). The molecule has 0 fully saturated rings. The molecule has 0 aliphatic carbocycles. The summed E-state index contributed by atoms with van der Waals surface area (Å²) in [6.45, 7) is 1.32. The van der Waals surface area contributed by atoms with Crippen molar-refractivity contribution in [1.82, 2.24) is 25.2 Å². The van der Waals surface area contributed by atoms with Gasteiger partial charge in [-0.3, -0.25) is 14.8 Å². The summed E-state index contributed by atoms with van der Waals surface area (Å²) in [5.74, 6) is -0.470. The highest BCUT2D eigenvalue weighted by Gasteiger charge is 2.17. The summed E-state index contributed by atoms with van der Waals surface area (Å²) < 4.78 is 15.2. The second-order valence-electron chi connectivity index (χ2n) is 8.46. The van der Waals surface area contributed by atoms with Crippen molar-refractivity contribution in [3.05, 3.63) is 84.6 Å². The molecule has 0 atom stereocenters. The van der Waals surface area contributed by atoms with E-state index in [0.29, 0.717) is 23.2 Å². The highest BCUT2D eigenvalue weighted by Crippen LogP contribution is 2.37. The van der Waals surface area contributed by atoms with Crippen LogP contribution in [-0.4, -0.2) is 52.9 Å². The number of halogens is 1. The Bertz CT molecular complexity index is 1480. The summed E-state index contributed by atoms with van der Waals surface area (Å²) >= 11 is 0. The number of hydrogen-bond donors (Lipinski definition) is 2.